The Balaban J connectivity index is 2.53. The summed E-state index contributed by atoms with van der Waals surface area (Å²) in [6.07, 6.45) is 2.93. The van der Waals surface area contributed by atoms with Gasteiger partial charge in [-0.15, -0.1) is 0 Å². The lowest BCUT2D eigenvalue weighted by molar-refractivity contribution is 0.581. The first-order valence-electron chi connectivity index (χ1n) is 5.69. The molecule has 7 heteroatoms. The van der Waals surface area contributed by atoms with Crippen LogP contribution in [-0.2, 0) is 10.0 Å². The zero-order valence-corrected chi connectivity index (χ0v) is 12.2. The molecule has 19 heavy (non-hydrogen) atoms. The first kappa shape index (κ1) is 13.9. The average molecular weight is 300 g/mol. The van der Waals surface area contributed by atoms with E-state index in [1.54, 1.807) is 13.0 Å². The Labute approximate surface area is 117 Å². The van der Waals surface area contributed by atoms with Gasteiger partial charge < -0.3 is 5.73 Å². The molecule has 0 bridgehead atoms. The van der Waals surface area contributed by atoms with Gasteiger partial charge in [-0.05, 0) is 31.5 Å². The Kier molecular flexibility index (Phi) is 3.56. The Bertz CT molecular complexity index is 723. The second-order valence-corrected chi connectivity index (χ2v) is 6.71. The molecule has 1 heterocycles. The first-order valence-corrected chi connectivity index (χ1v) is 7.67. The molecule has 0 unspecified atom stereocenters. The van der Waals surface area contributed by atoms with Gasteiger partial charge in [-0.1, -0.05) is 11.6 Å². The van der Waals surface area contributed by atoms with Gasteiger partial charge in [0, 0.05) is 16.8 Å². The highest BCUT2D eigenvalue weighted by Gasteiger charge is 2.14. The predicted molar refractivity (Wildman–Crippen MR) is 76.7 cm³/mol. The number of nitrogens with two attached hydrogens (primary N) is 1. The first-order chi connectivity index (χ1) is 8.85. The van der Waals surface area contributed by atoms with Crippen molar-refractivity contribution in [1.29, 1.82) is 0 Å². The van der Waals surface area contributed by atoms with Gasteiger partial charge >= 0.3 is 0 Å². The minimum atomic E-state index is -3.38. The normalized spacial score (nSPS) is 11.7. The lowest BCUT2D eigenvalue weighted by Gasteiger charge is -2.06. The summed E-state index contributed by atoms with van der Waals surface area (Å²) < 4.78 is 24.4. The second-order valence-electron chi connectivity index (χ2n) is 4.19. The molecule has 0 aliphatic carbocycles. The van der Waals surface area contributed by atoms with E-state index in [1.807, 2.05) is 13.0 Å². The maximum absolute atomic E-state index is 11.7. The summed E-state index contributed by atoms with van der Waals surface area (Å²) in [6.45, 7) is 3.43. The van der Waals surface area contributed by atoms with Crippen LogP contribution in [0.15, 0.2) is 24.5 Å². The number of anilines is 1. The van der Waals surface area contributed by atoms with Crippen molar-refractivity contribution < 1.29 is 8.42 Å². The van der Waals surface area contributed by atoms with Crippen LogP contribution < -0.4 is 5.73 Å². The maximum atomic E-state index is 11.7. The molecular formula is C12H14ClN3O2S. The van der Waals surface area contributed by atoms with Gasteiger partial charge in [0.05, 0.1) is 23.2 Å². The molecular weight excluding hydrogens is 286 g/mol. The molecule has 2 N–H and O–H groups in total. The van der Waals surface area contributed by atoms with E-state index in [-0.39, 0.29) is 5.75 Å². The fraction of sp³-hybridized carbons (Fsp3) is 0.250. The maximum Gasteiger partial charge on any atom is 0.253 e. The molecule has 1 aromatic heterocycles. The predicted octanol–water partition coefficient (Wildman–Crippen LogP) is 2.29. The highest BCUT2D eigenvalue weighted by molar-refractivity contribution is 7.89. The highest BCUT2D eigenvalue weighted by atomic mass is 35.5. The monoisotopic (exact) mass is 299 g/mol. The molecule has 0 fully saturated rings. The van der Waals surface area contributed by atoms with Gasteiger partial charge in [0.25, 0.3) is 10.0 Å². The van der Waals surface area contributed by atoms with Crippen LogP contribution in [0.2, 0.25) is 5.02 Å². The van der Waals surface area contributed by atoms with Crippen LogP contribution in [0.4, 0.5) is 5.69 Å². The summed E-state index contributed by atoms with van der Waals surface area (Å²) in [5.41, 5.74) is 8.60. The van der Waals surface area contributed by atoms with Crippen molar-refractivity contribution in [3.8, 4) is 11.1 Å². The largest absolute Gasteiger partial charge is 0.398 e. The molecule has 102 valence electrons. The minimum absolute atomic E-state index is 0.0113. The number of rotatable bonds is 3. The summed E-state index contributed by atoms with van der Waals surface area (Å²) in [5.74, 6) is -0.0113. The molecule has 0 saturated heterocycles. The van der Waals surface area contributed by atoms with E-state index >= 15 is 0 Å². The quantitative estimate of drug-likeness (QED) is 0.882. The van der Waals surface area contributed by atoms with E-state index in [2.05, 4.69) is 5.10 Å². The molecule has 5 nitrogen and oxygen atoms in total. The van der Waals surface area contributed by atoms with Crippen LogP contribution in [0.1, 0.15) is 12.5 Å². The second kappa shape index (κ2) is 4.86. The van der Waals surface area contributed by atoms with Crippen molar-refractivity contribution in [2.24, 2.45) is 0 Å². The van der Waals surface area contributed by atoms with Crippen molar-refractivity contribution >= 4 is 27.3 Å². The van der Waals surface area contributed by atoms with Crippen molar-refractivity contribution in [2.75, 3.05) is 11.5 Å². The zero-order chi connectivity index (χ0) is 14.2. The molecule has 2 rings (SSSR count). The number of nitrogens with zero attached hydrogens (tertiary/aromatic N) is 2. The SMILES string of the molecule is CCS(=O)(=O)n1cc(-c2cc(C)c(N)cc2Cl)cn1. The molecule has 0 aliphatic rings. The number of halogens is 1. The third-order valence-corrected chi connectivity index (χ3v) is 4.69. The van der Waals surface area contributed by atoms with Crippen molar-refractivity contribution in [1.82, 2.24) is 9.19 Å². The van der Waals surface area contributed by atoms with E-state index in [4.69, 9.17) is 17.3 Å². The summed E-state index contributed by atoms with van der Waals surface area (Å²) in [4.78, 5) is 0. The standard InChI is InChI=1S/C12H14ClN3O2S/c1-3-19(17,18)16-7-9(6-15-16)10-4-8(2)12(14)5-11(10)13/h4-7H,3,14H2,1-2H3. The minimum Gasteiger partial charge on any atom is -0.398 e. The Hall–Kier alpha value is -1.53. The van der Waals surface area contributed by atoms with Crippen molar-refractivity contribution in [3.63, 3.8) is 0 Å². The van der Waals surface area contributed by atoms with Crippen LogP contribution in [0, 0.1) is 6.92 Å². The average Bonchev–Trinajstić information content (AvgIpc) is 2.84. The summed E-state index contributed by atoms with van der Waals surface area (Å²) in [7, 11) is -3.38. The van der Waals surface area contributed by atoms with Crippen LogP contribution in [0.5, 0.6) is 0 Å². The molecule has 0 saturated carbocycles. The molecule has 0 atom stereocenters. The third-order valence-electron chi connectivity index (χ3n) is 2.88. The van der Waals surface area contributed by atoms with Gasteiger partial charge in [-0.3, -0.25) is 0 Å². The van der Waals surface area contributed by atoms with Crippen LogP contribution in [-0.4, -0.2) is 23.4 Å². The summed E-state index contributed by atoms with van der Waals surface area (Å²) >= 11 is 6.13. The lowest BCUT2D eigenvalue weighted by Crippen LogP contribution is -2.14. The topological polar surface area (TPSA) is 78.0 Å². The number of nitrogen functional groups attached to an aromatic ring is 1. The fourth-order valence-electron chi connectivity index (χ4n) is 1.65. The fourth-order valence-corrected chi connectivity index (χ4v) is 2.66. The van der Waals surface area contributed by atoms with Gasteiger partial charge in [0.15, 0.2) is 0 Å². The van der Waals surface area contributed by atoms with Gasteiger partial charge in [0.2, 0.25) is 0 Å². The summed E-state index contributed by atoms with van der Waals surface area (Å²) in [6, 6.07) is 3.47. The van der Waals surface area contributed by atoms with Crippen LogP contribution in [0.3, 0.4) is 0 Å². The Morgan fingerprint density at radius 3 is 2.74 bits per heavy atom. The molecule has 1 aromatic carbocycles. The van der Waals surface area contributed by atoms with E-state index < -0.39 is 10.0 Å². The number of aromatic nitrogens is 2. The molecule has 0 spiro atoms. The molecule has 0 aliphatic heterocycles. The van der Waals surface area contributed by atoms with Crippen molar-refractivity contribution in [2.45, 2.75) is 13.8 Å². The Morgan fingerprint density at radius 1 is 1.42 bits per heavy atom. The van der Waals surface area contributed by atoms with E-state index in [0.717, 1.165) is 9.65 Å². The summed E-state index contributed by atoms with van der Waals surface area (Å²) in [5, 5.41) is 4.34. The zero-order valence-electron chi connectivity index (χ0n) is 10.6. The third kappa shape index (κ3) is 2.59. The van der Waals surface area contributed by atoms with Crippen molar-refractivity contribution in [3.05, 3.63) is 35.1 Å². The smallest absolute Gasteiger partial charge is 0.253 e. The lowest BCUT2D eigenvalue weighted by atomic mass is 10.1. The Morgan fingerprint density at radius 2 is 2.11 bits per heavy atom. The molecule has 0 radical (unpaired) electrons. The van der Waals surface area contributed by atoms with Gasteiger partial charge in [-0.25, -0.2) is 8.42 Å². The van der Waals surface area contributed by atoms with Gasteiger partial charge in [0.1, 0.15) is 0 Å². The molecule has 2 aromatic rings. The van der Waals surface area contributed by atoms with Crippen LogP contribution >= 0.6 is 11.6 Å². The number of aryl methyl sites for hydroxylation is 1. The molecule has 0 amide bonds. The number of benzene rings is 1. The number of hydrogen-bond acceptors (Lipinski definition) is 4. The number of hydrogen-bond donors (Lipinski definition) is 1. The van der Waals surface area contributed by atoms with E-state index in [9.17, 15) is 8.42 Å². The highest BCUT2D eigenvalue weighted by Crippen LogP contribution is 2.31. The van der Waals surface area contributed by atoms with Gasteiger partial charge in [-0.2, -0.15) is 9.19 Å². The van der Waals surface area contributed by atoms with Crippen LogP contribution in [0.25, 0.3) is 11.1 Å². The van der Waals surface area contributed by atoms with E-state index in [0.29, 0.717) is 21.8 Å². The van der Waals surface area contributed by atoms with E-state index in [1.165, 1.54) is 12.4 Å².